The van der Waals surface area contributed by atoms with E-state index >= 15 is 0 Å². The number of quaternary nitrogens is 1. The van der Waals surface area contributed by atoms with Gasteiger partial charge < -0.3 is 15.4 Å². The molecule has 0 aromatic heterocycles. The lowest BCUT2D eigenvalue weighted by atomic mass is 10.1. The molecule has 0 heterocycles. The molecule has 2 aromatic rings. The normalized spacial score (nSPS) is 11.9. The molecule has 1 atom stereocenters. The third-order valence-corrected chi connectivity index (χ3v) is 3.78. The Morgan fingerprint density at radius 3 is 2.71 bits per heavy atom. The monoisotopic (exact) mass is 355 g/mol. The molecule has 7 heteroatoms. The Balaban J connectivity index is 1.97. The smallest absolute Gasteiger partial charge is 0.279 e. The molecule has 24 heavy (non-hydrogen) atoms. The van der Waals surface area contributed by atoms with Gasteiger partial charge in [-0.05, 0) is 37.3 Å². The Bertz CT molecular complexity index is 741. The standard InChI is InChI=1S/C17H17ClF2N2O2/c1-10(13-5-4-12(19)8-14(13)20)21-9-17(23)22-15-7-11(18)3-6-16(15)24-2/h3-8,10,21H,9H2,1-2H3,(H,22,23)/p+1/t10-/m1/s1. The molecule has 0 aliphatic carbocycles. The lowest BCUT2D eigenvalue weighted by Gasteiger charge is -2.13. The lowest BCUT2D eigenvalue weighted by molar-refractivity contribution is -0.682. The van der Waals surface area contributed by atoms with Crippen molar-refractivity contribution in [1.82, 2.24) is 0 Å². The quantitative estimate of drug-likeness (QED) is 0.837. The molecule has 2 aromatic carbocycles. The van der Waals surface area contributed by atoms with Crippen molar-refractivity contribution in [3.8, 4) is 5.75 Å². The summed E-state index contributed by atoms with van der Waals surface area (Å²) < 4.78 is 31.8. The predicted molar refractivity (Wildman–Crippen MR) is 88.2 cm³/mol. The Hall–Kier alpha value is -2.18. The summed E-state index contributed by atoms with van der Waals surface area (Å²) in [6.07, 6.45) is 0. The fourth-order valence-electron chi connectivity index (χ4n) is 2.26. The van der Waals surface area contributed by atoms with E-state index in [-0.39, 0.29) is 18.5 Å². The van der Waals surface area contributed by atoms with Gasteiger partial charge in [0.15, 0.2) is 6.54 Å². The fraction of sp³-hybridized carbons (Fsp3) is 0.235. The minimum absolute atomic E-state index is 0.0631. The van der Waals surface area contributed by atoms with Crippen molar-refractivity contribution in [2.45, 2.75) is 13.0 Å². The van der Waals surface area contributed by atoms with E-state index in [1.165, 1.54) is 19.2 Å². The second kappa shape index (κ2) is 8.08. The Kier molecular flexibility index (Phi) is 6.11. The molecule has 0 spiro atoms. The number of nitrogens with two attached hydrogens (primary N) is 1. The van der Waals surface area contributed by atoms with Crippen LogP contribution >= 0.6 is 11.6 Å². The number of hydrogen-bond acceptors (Lipinski definition) is 2. The highest BCUT2D eigenvalue weighted by molar-refractivity contribution is 6.31. The lowest BCUT2D eigenvalue weighted by Crippen LogP contribution is -2.86. The molecule has 0 aliphatic rings. The van der Waals surface area contributed by atoms with Gasteiger partial charge in [0.25, 0.3) is 5.91 Å². The molecule has 0 aliphatic heterocycles. The molecule has 0 bridgehead atoms. The van der Waals surface area contributed by atoms with Crippen molar-refractivity contribution in [2.75, 3.05) is 19.0 Å². The Morgan fingerprint density at radius 1 is 1.29 bits per heavy atom. The van der Waals surface area contributed by atoms with Gasteiger partial charge in [-0.15, -0.1) is 0 Å². The first kappa shape index (κ1) is 18.2. The highest BCUT2D eigenvalue weighted by atomic mass is 35.5. The Labute approximate surface area is 143 Å². The van der Waals surface area contributed by atoms with Crippen LogP contribution in [0.5, 0.6) is 5.75 Å². The summed E-state index contributed by atoms with van der Waals surface area (Å²) in [5.74, 6) is -1.06. The number of rotatable bonds is 6. The van der Waals surface area contributed by atoms with Crippen LogP contribution in [0, 0.1) is 11.6 Å². The number of nitrogens with one attached hydrogen (secondary N) is 1. The van der Waals surface area contributed by atoms with Gasteiger partial charge in [-0.3, -0.25) is 4.79 Å². The maximum atomic E-state index is 13.7. The minimum atomic E-state index is -0.630. The van der Waals surface area contributed by atoms with Crippen LogP contribution in [0.4, 0.5) is 14.5 Å². The van der Waals surface area contributed by atoms with Gasteiger partial charge in [0, 0.05) is 16.7 Å². The first-order valence-corrected chi connectivity index (χ1v) is 7.70. The zero-order valence-corrected chi connectivity index (χ0v) is 14.0. The Morgan fingerprint density at radius 2 is 2.04 bits per heavy atom. The molecule has 128 valence electrons. The van der Waals surface area contributed by atoms with E-state index in [0.29, 0.717) is 22.0 Å². The van der Waals surface area contributed by atoms with Crippen LogP contribution in [0.15, 0.2) is 36.4 Å². The number of benzene rings is 2. The van der Waals surface area contributed by atoms with Crippen molar-refractivity contribution < 1.29 is 23.6 Å². The van der Waals surface area contributed by atoms with Crippen molar-refractivity contribution in [3.63, 3.8) is 0 Å². The summed E-state index contributed by atoms with van der Waals surface area (Å²) >= 11 is 5.91. The average molecular weight is 356 g/mol. The van der Waals surface area contributed by atoms with Gasteiger partial charge >= 0.3 is 0 Å². The van der Waals surface area contributed by atoms with E-state index in [1.807, 2.05) is 0 Å². The van der Waals surface area contributed by atoms with Gasteiger partial charge in [-0.2, -0.15) is 0 Å². The van der Waals surface area contributed by atoms with E-state index in [2.05, 4.69) is 5.32 Å². The SMILES string of the molecule is COc1ccc(Cl)cc1NC(=O)C[NH2+][C@H](C)c1ccc(F)cc1F. The molecule has 0 fully saturated rings. The molecule has 0 radical (unpaired) electrons. The number of anilines is 1. The molecule has 0 saturated heterocycles. The fourth-order valence-corrected chi connectivity index (χ4v) is 2.43. The molecular formula is C17H18ClF2N2O2+. The number of methoxy groups -OCH3 is 1. The van der Waals surface area contributed by atoms with Gasteiger partial charge in [0.1, 0.15) is 23.4 Å². The summed E-state index contributed by atoms with van der Waals surface area (Å²) in [5.41, 5.74) is 0.800. The number of amides is 1. The number of carbonyl (C=O) groups is 1. The summed E-state index contributed by atoms with van der Waals surface area (Å²) in [5, 5.41) is 4.82. The van der Waals surface area contributed by atoms with Crippen LogP contribution in [-0.4, -0.2) is 19.6 Å². The van der Waals surface area contributed by atoms with Gasteiger partial charge in [0.05, 0.1) is 12.8 Å². The first-order chi connectivity index (χ1) is 11.4. The largest absolute Gasteiger partial charge is 0.495 e. The van der Waals surface area contributed by atoms with E-state index in [4.69, 9.17) is 16.3 Å². The minimum Gasteiger partial charge on any atom is -0.495 e. The van der Waals surface area contributed by atoms with Crippen molar-refractivity contribution >= 4 is 23.2 Å². The molecule has 2 rings (SSSR count). The number of ether oxygens (including phenoxy) is 1. The molecule has 0 unspecified atom stereocenters. The van der Waals surface area contributed by atoms with Crippen LogP contribution in [0.3, 0.4) is 0 Å². The topological polar surface area (TPSA) is 54.9 Å². The van der Waals surface area contributed by atoms with Crippen molar-refractivity contribution in [1.29, 1.82) is 0 Å². The predicted octanol–water partition coefficient (Wildman–Crippen LogP) is 2.89. The third kappa shape index (κ3) is 4.66. The zero-order valence-electron chi connectivity index (χ0n) is 13.3. The molecule has 0 saturated carbocycles. The van der Waals surface area contributed by atoms with Crippen LogP contribution in [-0.2, 0) is 4.79 Å². The number of halogens is 3. The number of hydrogen-bond donors (Lipinski definition) is 2. The molecule has 4 nitrogen and oxygen atoms in total. The summed E-state index contributed by atoms with van der Waals surface area (Å²) in [4.78, 5) is 12.1. The van der Waals surface area contributed by atoms with Crippen LogP contribution < -0.4 is 15.4 Å². The van der Waals surface area contributed by atoms with E-state index < -0.39 is 11.6 Å². The second-order valence-corrected chi connectivity index (χ2v) is 5.72. The first-order valence-electron chi connectivity index (χ1n) is 7.32. The third-order valence-electron chi connectivity index (χ3n) is 3.55. The van der Waals surface area contributed by atoms with E-state index in [9.17, 15) is 13.6 Å². The van der Waals surface area contributed by atoms with E-state index in [1.54, 1.807) is 30.4 Å². The molecule has 1 amide bonds. The zero-order chi connectivity index (χ0) is 17.7. The average Bonchev–Trinajstić information content (AvgIpc) is 2.53. The molecule has 3 N–H and O–H groups in total. The van der Waals surface area contributed by atoms with E-state index in [0.717, 1.165) is 6.07 Å². The van der Waals surface area contributed by atoms with Crippen LogP contribution in [0.25, 0.3) is 0 Å². The highest BCUT2D eigenvalue weighted by Gasteiger charge is 2.17. The summed E-state index contributed by atoms with van der Waals surface area (Å²) in [6, 6.07) is 7.96. The van der Waals surface area contributed by atoms with Crippen molar-refractivity contribution in [2.24, 2.45) is 0 Å². The number of carbonyl (C=O) groups excluding carboxylic acids is 1. The van der Waals surface area contributed by atoms with Crippen molar-refractivity contribution in [3.05, 3.63) is 58.6 Å². The maximum Gasteiger partial charge on any atom is 0.279 e. The second-order valence-electron chi connectivity index (χ2n) is 5.29. The highest BCUT2D eigenvalue weighted by Crippen LogP contribution is 2.27. The maximum absolute atomic E-state index is 13.7. The van der Waals surface area contributed by atoms with Gasteiger partial charge in [-0.1, -0.05) is 11.6 Å². The van der Waals surface area contributed by atoms with Gasteiger partial charge in [-0.25, -0.2) is 8.78 Å². The van der Waals surface area contributed by atoms with Gasteiger partial charge in [0.2, 0.25) is 0 Å². The van der Waals surface area contributed by atoms with Crippen LogP contribution in [0.2, 0.25) is 5.02 Å². The summed E-state index contributed by atoms with van der Waals surface area (Å²) in [6.45, 7) is 1.80. The molecular weight excluding hydrogens is 338 g/mol. The van der Waals surface area contributed by atoms with Crippen LogP contribution in [0.1, 0.15) is 18.5 Å². The summed E-state index contributed by atoms with van der Waals surface area (Å²) in [7, 11) is 1.49.